The minimum atomic E-state index is -0.616. The summed E-state index contributed by atoms with van der Waals surface area (Å²) in [4.78, 5) is 4.87. The molecule has 0 heterocycles. The van der Waals surface area contributed by atoms with Crippen LogP contribution in [0.5, 0.6) is 0 Å². The van der Waals surface area contributed by atoms with Crippen molar-refractivity contribution >= 4 is 11.4 Å². The largest absolute Gasteiger partial charge is 0.383 e. The molecular formula is C19H25NO. The van der Waals surface area contributed by atoms with Gasteiger partial charge in [0.05, 0.1) is 11.4 Å². The Kier molecular flexibility index (Phi) is 4.79. The number of aliphatic hydroxyl groups is 1. The maximum Gasteiger partial charge on any atom is 0.115 e. The Labute approximate surface area is 127 Å². The lowest BCUT2D eigenvalue weighted by Crippen LogP contribution is -2.21. The fourth-order valence-corrected chi connectivity index (χ4v) is 2.63. The Morgan fingerprint density at radius 3 is 2.10 bits per heavy atom. The van der Waals surface area contributed by atoms with Crippen LogP contribution in [0.3, 0.4) is 0 Å². The van der Waals surface area contributed by atoms with Crippen LogP contribution < -0.4 is 0 Å². The molecule has 0 spiro atoms. The molecule has 21 heavy (non-hydrogen) atoms. The molecule has 1 atom stereocenters. The lowest BCUT2D eigenvalue weighted by Gasteiger charge is -2.20. The molecule has 112 valence electrons. The molecule has 2 nitrogen and oxygen atoms in total. The highest BCUT2D eigenvalue weighted by atomic mass is 16.3. The highest BCUT2D eigenvalue weighted by Crippen LogP contribution is 2.35. The first kappa shape index (κ1) is 15.7. The van der Waals surface area contributed by atoms with Gasteiger partial charge in [-0.1, -0.05) is 64.1 Å². The second-order valence-corrected chi connectivity index (χ2v) is 6.27. The van der Waals surface area contributed by atoms with Crippen molar-refractivity contribution in [3.63, 3.8) is 0 Å². The van der Waals surface area contributed by atoms with E-state index >= 15 is 0 Å². The average Bonchev–Trinajstić information content (AvgIpc) is 2.42. The van der Waals surface area contributed by atoms with Gasteiger partial charge in [0, 0.05) is 0 Å². The number of aliphatic imine (C=N–C) groups is 1. The molecule has 1 aliphatic carbocycles. The number of allylic oxidation sites excluding steroid dienone is 2. The molecule has 1 aliphatic rings. The first-order valence-corrected chi connectivity index (χ1v) is 7.66. The summed E-state index contributed by atoms with van der Waals surface area (Å²) in [6, 6.07) is 6.38. The van der Waals surface area contributed by atoms with Crippen molar-refractivity contribution in [2.75, 3.05) is 0 Å². The van der Waals surface area contributed by atoms with E-state index in [-0.39, 0.29) is 0 Å². The molecule has 0 radical (unpaired) electrons. The zero-order valence-electron chi connectivity index (χ0n) is 13.6. The first-order chi connectivity index (χ1) is 9.91. The van der Waals surface area contributed by atoms with Crippen LogP contribution in [0.4, 0.5) is 5.69 Å². The molecule has 0 saturated heterocycles. The lowest BCUT2D eigenvalue weighted by atomic mass is 9.92. The molecule has 0 fully saturated rings. The van der Waals surface area contributed by atoms with Crippen LogP contribution in [0, 0.1) is 0 Å². The fourth-order valence-electron chi connectivity index (χ4n) is 2.63. The number of benzene rings is 1. The SMILES string of the molecule is CC1=CC=CC(O)C1=Nc1c(C(C)C)cccc1C(C)C. The molecule has 0 aromatic heterocycles. The van der Waals surface area contributed by atoms with Crippen molar-refractivity contribution in [1.29, 1.82) is 0 Å². The molecule has 0 bridgehead atoms. The Morgan fingerprint density at radius 1 is 1.05 bits per heavy atom. The number of hydrogen-bond donors (Lipinski definition) is 1. The number of aliphatic hydroxyl groups excluding tert-OH is 1. The Hall–Kier alpha value is -1.67. The van der Waals surface area contributed by atoms with E-state index in [2.05, 4.69) is 45.9 Å². The quantitative estimate of drug-likeness (QED) is 0.842. The molecule has 1 unspecified atom stereocenters. The molecule has 2 rings (SSSR count). The van der Waals surface area contributed by atoms with Crippen molar-refractivity contribution in [3.8, 4) is 0 Å². The smallest absolute Gasteiger partial charge is 0.115 e. The molecule has 1 N–H and O–H groups in total. The van der Waals surface area contributed by atoms with Gasteiger partial charge in [-0.25, -0.2) is 4.99 Å². The lowest BCUT2D eigenvalue weighted by molar-refractivity contribution is 0.288. The number of rotatable bonds is 3. The normalized spacial score (nSPS) is 20.5. The summed E-state index contributed by atoms with van der Waals surface area (Å²) >= 11 is 0. The predicted octanol–water partition coefficient (Wildman–Crippen LogP) is 4.88. The summed E-state index contributed by atoms with van der Waals surface area (Å²) in [5.74, 6) is 0.812. The second-order valence-electron chi connectivity index (χ2n) is 6.27. The minimum Gasteiger partial charge on any atom is -0.383 e. The monoisotopic (exact) mass is 283 g/mol. The highest BCUT2D eigenvalue weighted by Gasteiger charge is 2.18. The van der Waals surface area contributed by atoms with Gasteiger partial charge in [0.25, 0.3) is 0 Å². The van der Waals surface area contributed by atoms with Gasteiger partial charge in [-0.05, 0) is 35.5 Å². The summed E-state index contributed by atoms with van der Waals surface area (Å²) in [5, 5.41) is 10.2. The summed E-state index contributed by atoms with van der Waals surface area (Å²) in [7, 11) is 0. The van der Waals surface area contributed by atoms with Gasteiger partial charge in [-0.3, -0.25) is 0 Å². The molecule has 1 aromatic carbocycles. The van der Waals surface area contributed by atoms with Crippen LogP contribution in [0.15, 0.2) is 47.0 Å². The summed E-state index contributed by atoms with van der Waals surface area (Å²) in [6.07, 6.45) is 5.05. The summed E-state index contributed by atoms with van der Waals surface area (Å²) < 4.78 is 0. The highest BCUT2D eigenvalue weighted by molar-refractivity contribution is 6.06. The van der Waals surface area contributed by atoms with Gasteiger partial charge in [-0.15, -0.1) is 0 Å². The van der Waals surface area contributed by atoms with Crippen molar-refractivity contribution in [3.05, 3.63) is 53.1 Å². The van der Waals surface area contributed by atoms with E-state index < -0.39 is 6.10 Å². The van der Waals surface area contributed by atoms with Crippen LogP contribution in [-0.2, 0) is 0 Å². The number of para-hydroxylation sites is 1. The van der Waals surface area contributed by atoms with Crippen molar-refractivity contribution in [1.82, 2.24) is 0 Å². The van der Waals surface area contributed by atoms with Gasteiger partial charge >= 0.3 is 0 Å². The van der Waals surface area contributed by atoms with Crippen molar-refractivity contribution in [2.24, 2.45) is 4.99 Å². The van der Waals surface area contributed by atoms with E-state index in [0.717, 1.165) is 17.0 Å². The van der Waals surface area contributed by atoms with Gasteiger partial charge in [0.15, 0.2) is 0 Å². The zero-order chi connectivity index (χ0) is 15.6. The first-order valence-electron chi connectivity index (χ1n) is 7.66. The van der Waals surface area contributed by atoms with E-state index in [4.69, 9.17) is 4.99 Å². The van der Waals surface area contributed by atoms with E-state index in [1.54, 1.807) is 6.08 Å². The van der Waals surface area contributed by atoms with Crippen molar-refractivity contribution < 1.29 is 5.11 Å². The molecule has 0 amide bonds. The number of nitrogens with zero attached hydrogens (tertiary/aromatic N) is 1. The maximum atomic E-state index is 10.2. The summed E-state index contributed by atoms with van der Waals surface area (Å²) in [6.45, 7) is 10.7. The fraction of sp³-hybridized carbons (Fsp3) is 0.421. The van der Waals surface area contributed by atoms with Gasteiger partial charge in [0.2, 0.25) is 0 Å². The third kappa shape index (κ3) is 3.33. The van der Waals surface area contributed by atoms with Crippen LogP contribution >= 0.6 is 0 Å². The van der Waals surface area contributed by atoms with Crippen LogP contribution in [-0.4, -0.2) is 16.9 Å². The Balaban J connectivity index is 2.62. The van der Waals surface area contributed by atoms with E-state index in [1.165, 1.54) is 11.1 Å². The average molecular weight is 283 g/mol. The van der Waals surface area contributed by atoms with Gasteiger partial charge in [-0.2, -0.15) is 0 Å². The molecule has 2 heteroatoms. The van der Waals surface area contributed by atoms with Crippen LogP contribution in [0.25, 0.3) is 0 Å². The van der Waals surface area contributed by atoms with Gasteiger partial charge < -0.3 is 5.11 Å². The van der Waals surface area contributed by atoms with Crippen LogP contribution in [0.2, 0.25) is 0 Å². The van der Waals surface area contributed by atoms with Gasteiger partial charge in [0.1, 0.15) is 6.10 Å². The predicted molar refractivity (Wildman–Crippen MR) is 90.6 cm³/mol. The molecule has 0 saturated carbocycles. The number of hydrogen-bond acceptors (Lipinski definition) is 2. The zero-order valence-corrected chi connectivity index (χ0v) is 13.6. The molecular weight excluding hydrogens is 258 g/mol. The molecule has 1 aromatic rings. The van der Waals surface area contributed by atoms with E-state index in [0.29, 0.717) is 11.8 Å². The Bertz CT molecular complexity index is 580. The second kappa shape index (κ2) is 6.40. The topological polar surface area (TPSA) is 32.6 Å². The van der Waals surface area contributed by atoms with E-state index in [9.17, 15) is 5.11 Å². The standard InChI is InChI=1S/C19H25NO/c1-12(2)15-9-7-10-16(13(3)4)19(15)20-18-14(5)8-6-11-17(18)21/h6-13,17,21H,1-5H3. The van der Waals surface area contributed by atoms with E-state index in [1.807, 2.05) is 19.1 Å². The molecule has 0 aliphatic heterocycles. The minimum absolute atomic E-state index is 0.406. The van der Waals surface area contributed by atoms with Crippen LogP contribution in [0.1, 0.15) is 57.6 Å². The third-order valence-electron chi connectivity index (χ3n) is 3.90. The third-order valence-corrected chi connectivity index (χ3v) is 3.90. The Morgan fingerprint density at radius 2 is 1.62 bits per heavy atom. The van der Waals surface area contributed by atoms with Crippen molar-refractivity contribution in [2.45, 2.75) is 52.6 Å². The summed E-state index contributed by atoms with van der Waals surface area (Å²) in [5.41, 5.74) is 5.29. The maximum absolute atomic E-state index is 10.2.